The first-order chi connectivity index (χ1) is 11.3. The van der Waals surface area contributed by atoms with Crippen molar-refractivity contribution in [2.75, 3.05) is 19.7 Å². The molecule has 4 heteroatoms. The van der Waals surface area contributed by atoms with E-state index < -0.39 is 0 Å². The van der Waals surface area contributed by atoms with Gasteiger partial charge in [-0.05, 0) is 49.9 Å². The van der Waals surface area contributed by atoms with Gasteiger partial charge in [-0.25, -0.2) is 0 Å². The van der Waals surface area contributed by atoms with Crippen molar-refractivity contribution in [2.45, 2.75) is 50.7 Å². The molecule has 1 N–H and O–H groups in total. The standard InChI is InChI=1S/C19H26N2O2/c20-14-15-6-8-16(9-7-15)23-13-3-11-21-12-10-19(22)17-4-1-2-5-18(17)21/h6-9,17-19,22H,1-5,10-13H2. The predicted octanol–water partition coefficient (Wildman–Crippen LogP) is 2.95. The summed E-state index contributed by atoms with van der Waals surface area (Å²) in [5.41, 5.74) is 0.660. The van der Waals surface area contributed by atoms with Crippen molar-refractivity contribution in [3.05, 3.63) is 29.8 Å². The average molecular weight is 314 g/mol. The number of hydrogen-bond acceptors (Lipinski definition) is 4. The number of hydrogen-bond donors (Lipinski definition) is 1. The zero-order chi connectivity index (χ0) is 16.1. The number of fused-ring (bicyclic) bond motifs is 1. The summed E-state index contributed by atoms with van der Waals surface area (Å²) in [6, 6.07) is 9.96. The summed E-state index contributed by atoms with van der Waals surface area (Å²) in [6.07, 6.45) is 6.81. The van der Waals surface area contributed by atoms with Gasteiger partial charge >= 0.3 is 0 Å². The van der Waals surface area contributed by atoms with Crippen LogP contribution < -0.4 is 4.74 Å². The minimum Gasteiger partial charge on any atom is -0.494 e. The molecule has 1 aliphatic heterocycles. The highest BCUT2D eigenvalue weighted by molar-refractivity contribution is 5.34. The lowest BCUT2D eigenvalue weighted by molar-refractivity contribution is -0.0369. The second-order valence-electron chi connectivity index (χ2n) is 6.75. The third-order valence-electron chi connectivity index (χ3n) is 5.30. The Hall–Kier alpha value is -1.57. The molecule has 0 aromatic heterocycles. The van der Waals surface area contributed by atoms with E-state index in [9.17, 15) is 5.11 Å². The molecule has 1 saturated heterocycles. The normalized spacial score (nSPS) is 27.9. The molecule has 1 saturated carbocycles. The van der Waals surface area contributed by atoms with Crippen LogP contribution >= 0.6 is 0 Å². The molecule has 2 aliphatic rings. The molecule has 1 aromatic rings. The van der Waals surface area contributed by atoms with Crippen molar-refractivity contribution >= 4 is 0 Å². The second-order valence-corrected chi connectivity index (χ2v) is 6.75. The molecular formula is C19H26N2O2. The molecule has 3 unspecified atom stereocenters. The molecule has 1 aliphatic carbocycles. The van der Waals surface area contributed by atoms with Crippen LogP contribution in [0.5, 0.6) is 5.75 Å². The molecule has 3 rings (SSSR count). The van der Waals surface area contributed by atoms with Crippen molar-refractivity contribution in [1.29, 1.82) is 5.26 Å². The number of nitriles is 1. The van der Waals surface area contributed by atoms with Crippen LogP contribution in [0.4, 0.5) is 0 Å². The van der Waals surface area contributed by atoms with Gasteiger partial charge in [0.15, 0.2) is 0 Å². The number of likely N-dealkylation sites (tertiary alicyclic amines) is 1. The van der Waals surface area contributed by atoms with Crippen LogP contribution in [-0.4, -0.2) is 41.8 Å². The van der Waals surface area contributed by atoms with Gasteiger partial charge < -0.3 is 9.84 Å². The molecular weight excluding hydrogens is 288 g/mol. The molecule has 1 aromatic carbocycles. The van der Waals surface area contributed by atoms with Crippen molar-refractivity contribution in [2.24, 2.45) is 5.92 Å². The Bertz CT molecular complexity index is 537. The zero-order valence-electron chi connectivity index (χ0n) is 13.7. The minimum atomic E-state index is -0.0913. The van der Waals surface area contributed by atoms with Gasteiger partial charge in [0.25, 0.3) is 0 Å². The third kappa shape index (κ3) is 4.04. The Morgan fingerprint density at radius 3 is 2.74 bits per heavy atom. The summed E-state index contributed by atoms with van der Waals surface area (Å²) in [7, 11) is 0. The molecule has 2 fully saturated rings. The summed E-state index contributed by atoms with van der Waals surface area (Å²) >= 11 is 0. The van der Waals surface area contributed by atoms with Crippen molar-refractivity contribution in [3.63, 3.8) is 0 Å². The molecule has 1 heterocycles. The summed E-state index contributed by atoms with van der Waals surface area (Å²) in [4.78, 5) is 2.57. The fourth-order valence-corrected chi connectivity index (χ4v) is 4.08. The Labute approximate surface area is 138 Å². The van der Waals surface area contributed by atoms with Gasteiger partial charge in [-0.1, -0.05) is 12.8 Å². The van der Waals surface area contributed by atoms with E-state index >= 15 is 0 Å². The fourth-order valence-electron chi connectivity index (χ4n) is 4.08. The maximum Gasteiger partial charge on any atom is 0.119 e. The van der Waals surface area contributed by atoms with Crippen molar-refractivity contribution in [1.82, 2.24) is 4.90 Å². The summed E-state index contributed by atoms with van der Waals surface area (Å²) < 4.78 is 5.77. The van der Waals surface area contributed by atoms with E-state index in [1.54, 1.807) is 12.1 Å². The number of aliphatic hydroxyl groups excluding tert-OH is 1. The lowest BCUT2D eigenvalue weighted by Crippen LogP contribution is -2.52. The second kappa shape index (κ2) is 7.81. The van der Waals surface area contributed by atoms with Crippen LogP contribution in [0.25, 0.3) is 0 Å². The largest absolute Gasteiger partial charge is 0.494 e. The van der Waals surface area contributed by atoms with Crippen LogP contribution in [0, 0.1) is 17.2 Å². The number of benzene rings is 1. The monoisotopic (exact) mass is 314 g/mol. The maximum atomic E-state index is 10.2. The highest BCUT2D eigenvalue weighted by Gasteiger charge is 2.37. The van der Waals surface area contributed by atoms with E-state index in [2.05, 4.69) is 11.0 Å². The van der Waals surface area contributed by atoms with E-state index in [0.29, 0.717) is 24.1 Å². The SMILES string of the molecule is N#Cc1ccc(OCCCN2CCC(O)C3CCCCC32)cc1. The van der Waals surface area contributed by atoms with Gasteiger partial charge in [0.05, 0.1) is 24.3 Å². The summed E-state index contributed by atoms with van der Waals surface area (Å²) in [5, 5.41) is 19.0. The van der Waals surface area contributed by atoms with Crippen LogP contribution in [0.1, 0.15) is 44.1 Å². The molecule has 4 nitrogen and oxygen atoms in total. The average Bonchev–Trinajstić information content (AvgIpc) is 2.61. The van der Waals surface area contributed by atoms with Crippen LogP contribution in [0.2, 0.25) is 0 Å². The van der Waals surface area contributed by atoms with Crippen LogP contribution in [0.3, 0.4) is 0 Å². The molecule has 0 spiro atoms. The fraction of sp³-hybridized carbons (Fsp3) is 0.632. The Morgan fingerprint density at radius 2 is 1.96 bits per heavy atom. The Kier molecular flexibility index (Phi) is 5.53. The van der Waals surface area contributed by atoms with Crippen molar-refractivity contribution < 1.29 is 9.84 Å². The lowest BCUT2D eigenvalue weighted by Gasteiger charge is -2.46. The Balaban J connectivity index is 1.43. The smallest absolute Gasteiger partial charge is 0.119 e. The van der Waals surface area contributed by atoms with Gasteiger partial charge in [0.1, 0.15) is 5.75 Å². The van der Waals surface area contributed by atoms with Gasteiger partial charge in [-0.2, -0.15) is 5.26 Å². The number of ether oxygens (including phenoxy) is 1. The van der Waals surface area contributed by atoms with Gasteiger partial charge in [-0.15, -0.1) is 0 Å². The number of nitrogens with zero attached hydrogens (tertiary/aromatic N) is 2. The summed E-state index contributed by atoms with van der Waals surface area (Å²) in [6.45, 7) is 2.76. The van der Waals surface area contributed by atoms with Gasteiger partial charge in [-0.3, -0.25) is 4.90 Å². The first-order valence-electron chi connectivity index (χ1n) is 8.83. The number of aliphatic hydroxyl groups is 1. The Morgan fingerprint density at radius 1 is 1.17 bits per heavy atom. The highest BCUT2D eigenvalue weighted by atomic mass is 16.5. The summed E-state index contributed by atoms with van der Waals surface area (Å²) in [5.74, 6) is 1.31. The molecule has 124 valence electrons. The molecule has 0 amide bonds. The van der Waals surface area contributed by atoms with Gasteiger partial charge in [0.2, 0.25) is 0 Å². The van der Waals surface area contributed by atoms with Gasteiger partial charge in [0, 0.05) is 25.0 Å². The highest BCUT2D eigenvalue weighted by Crippen LogP contribution is 2.35. The first kappa shape index (κ1) is 16.3. The van der Waals surface area contributed by atoms with Crippen LogP contribution in [-0.2, 0) is 0 Å². The quantitative estimate of drug-likeness (QED) is 0.849. The van der Waals surface area contributed by atoms with Crippen LogP contribution in [0.15, 0.2) is 24.3 Å². The number of piperidine rings is 1. The first-order valence-corrected chi connectivity index (χ1v) is 8.83. The lowest BCUT2D eigenvalue weighted by atomic mass is 9.76. The van der Waals surface area contributed by atoms with E-state index in [-0.39, 0.29) is 6.10 Å². The third-order valence-corrected chi connectivity index (χ3v) is 5.30. The van der Waals surface area contributed by atoms with E-state index in [0.717, 1.165) is 31.7 Å². The van der Waals surface area contributed by atoms with E-state index in [1.165, 1.54) is 25.7 Å². The predicted molar refractivity (Wildman–Crippen MR) is 89.2 cm³/mol. The van der Waals surface area contributed by atoms with Crippen molar-refractivity contribution in [3.8, 4) is 11.8 Å². The molecule has 23 heavy (non-hydrogen) atoms. The van der Waals surface area contributed by atoms with E-state index in [1.807, 2.05) is 12.1 Å². The number of rotatable bonds is 5. The zero-order valence-corrected chi connectivity index (χ0v) is 13.7. The topological polar surface area (TPSA) is 56.5 Å². The van der Waals surface area contributed by atoms with E-state index in [4.69, 9.17) is 10.00 Å². The molecule has 0 radical (unpaired) electrons. The molecule has 0 bridgehead atoms. The minimum absolute atomic E-state index is 0.0913. The maximum absolute atomic E-state index is 10.2. The molecule has 3 atom stereocenters.